The van der Waals surface area contributed by atoms with Gasteiger partial charge in [0.05, 0.1) is 0 Å². The van der Waals surface area contributed by atoms with Crippen molar-refractivity contribution in [3.8, 4) is 11.5 Å². The summed E-state index contributed by atoms with van der Waals surface area (Å²) in [5.41, 5.74) is 0.326. The van der Waals surface area contributed by atoms with Crippen LogP contribution in [0.4, 0.5) is 0 Å². The zero-order valence-corrected chi connectivity index (χ0v) is 16.7. The number of hydrogen-bond acceptors (Lipinski definition) is 4. The number of carboxylic acids is 2. The lowest BCUT2D eigenvalue weighted by Crippen LogP contribution is -2.03. The van der Waals surface area contributed by atoms with Gasteiger partial charge in [0, 0.05) is 20.9 Å². The minimum Gasteiger partial charge on any atom is -0.507 e. The second-order valence-electron chi connectivity index (χ2n) is 5.85. The summed E-state index contributed by atoms with van der Waals surface area (Å²) in [7, 11) is 0. The molecule has 0 spiro atoms. The van der Waals surface area contributed by atoms with Crippen LogP contribution in [-0.2, 0) is 6.42 Å². The van der Waals surface area contributed by atoms with Crippen LogP contribution in [0.5, 0.6) is 11.5 Å². The van der Waals surface area contributed by atoms with Gasteiger partial charge in [-0.15, -0.1) is 0 Å². The Labute approximate surface area is 170 Å². The fraction of sp³-hybridized carbons (Fsp3) is 0.0526. The average molecular weight is 496 g/mol. The summed E-state index contributed by atoms with van der Waals surface area (Å²) in [5, 5.41) is 40.0. The third-order valence-electron chi connectivity index (χ3n) is 4.19. The number of carbonyl (C=O) groups is 2. The minimum absolute atomic E-state index is 0.0814. The first kappa shape index (κ1) is 19.2. The van der Waals surface area contributed by atoms with Gasteiger partial charge in [-0.2, -0.15) is 0 Å². The van der Waals surface area contributed by atoms with E-state index < -0.39 is 11.9 Å². The van der Waals surface area contributed by atoms with E-state index in [9.17, 15) is 24.9 Å². The standard InChI is InChI=1S/C19H12Br2O6/c20-14-3-2-9-10(16(14)21)7-13(19(26)27)17(23)11(9)5-8-1-4-15(22)12(6-8)18(24)25/h1-4,6-7,22-23H,5H2,(H,24,25)(H,26,27). The van der Waals surface area contributed by atoms with Crippen molar-refractivity contribution in [1.82, 2.24) is 0 Å². The first-order valence-corrected chi connectivity index (χ1v) is 9.20. The van der Waals surface area contributed by atoms with E-state index in [0.717, 1.165) is 4.47 Å². The summed E-state index contributed by atoms with van der Waals surface area (Å²) in [6.45, 7) is 0. The van der Waals surface area contributed by atoms with Crippen LogP contribution in [0.2, 0.25) is 0 Å². The molecule has 0 saturated carbocycles. The molecule has 4 N–H and O–H groups in total. The second-order valence-corrected chi connectivity index (χ2v) is 7.49. The van der Waals surface area contributed by atoms with Gasteiger partial charge >= 0.3 is 11.9 Å². The predicted molar refractivity (Wildman–Crippen MR) is 106 cm³/mol. The highest BCUT2D eigenvalue weighted by Gasteiger charge is 2.20. The fourth-order valence-electron chi connectivity index (χ4n) is 2.88. The maximum Gasteiger partial charge on any atom is 0.339 e. The molecule has 138 valence electrons. The van der Waals surface area contributed by atoms with E-state index in [1.165, 1.54) is 24.3 Å². The van der Waals surface area contributed by atoms with Gasteiger partial charge in [0.2, 0.25) is 0 Å². The molecule has 6 nitrogen and oxygen atoms in total. The zero-order valence-electron chi connectivity index (χ0n) is 13.5. The minimum atomic E-state index is -1.28. The molecule has 0 fully saturated rings. The molecular weight excluding hydrogens is 484 g/mol. The molecule has 0 aromatic heterocycles. The highest BCUT2D eigenvalue weighted by Crippen LogP contribution is 2.39. The van der Waals surface area contributed by atoms with E-state index >= 15 is 0 Å². The van der Waals surface area contributed by atoms with Crippen molar-refractivity contribution in [3.63, 3.8) is 0 Å². The average Bonchev–Trinajstić information content (AvgIpc) is 2.61. The Balaban J connectivity index is 2.26. The van der Waals surface area contributed by atoms with E-state index in [0.29, 0.717) is 26.4 Å². The molecule has 0 amide bonds. The van der Waals surface area contributed by atoms with Crippen molar-refractivity contribution < 1.29 is 30.0 Å². The molecule has 0 bridgehead atoms. The highest BCUT2D eigenvalue weighted by molar-refractivity contribution is 9.13. The van der Waals surface area contributed by atoms with Crippen LogP contribution < -0.4 is 0 Å². The van der Waals surface area contributed by atoms with E-state index in [1.807, 2.05) is 0 Å². The number of aromatic carboxylic acids is 2. The monoisotopic (exact) mass is 494 g/mol. The van der Waals surface area contributed by atoms with Crippen LogP contribution in [0.25, 0.3) is 10.8 Å². The summed E-state index contributed by atoms with van der Waals surface area (Å²) in [6.07, 6.45) is 0.0814. The lowest BCUT2D eigenvalue weighted by atomic mass is 9.93. The molecule has 0 aliphatic carbocycles. The van der Waals surface area contributed by atoms with Gasteiger partial charge in [-0.25, -0.2) is 9.59 Å². The topological polar surface area (TPSA) is 115 Å². The lowest BCUT2D eigenvalue weighted by molar-refractivity contribution is 0.0682. The normalized spacial score (nSPS) is 10.9. The number of carboxylic acid groups (broad SMARTS) is 2. The molecule has 3 aromatic carbocycles. The first-order chi connectivity index (χ1) is 12.7. The third-order valence-corrected chi connectivity index (χ3v) is 6.24. The Morgan fingerprint density at radius 3 is 2.15 bits per heavy atom. The van der Waals surface area contributed by atoms with E-state index in [4.69, 9.17) is 5.11 Å². The van der Waals surface area contributed by atoms with Crippen LogP contribution in [-0.4, -0.2) is 32.4 Å². The third kappa shape index (κ3) is 3.50. The number of fused-ring (bicyclic) bond motifs is 1. The van der Waals surface area contributed by atoms with Crippen molar-refractivity contribution in [3.05, 3.63) is 67.6 Å². The molecule has 3 aromatic rings. The van der Waals surface area contributed by atoms with Crippen molar-refractivity contribution in [2.75, 3.05) is 0 Å². The Hall–Kier alpha value is -2.58. The molecule has 0 aliphatic rings. The largest absolute Gasteiger partial charge is 0.507 e. The van der Waals surface area contributed by atoms with Gasteiger partial charge in [0.1, 0.15) is 22.6 Å². The Morgan fingerprint density at radius 2 is 1.52 bits per heavy atom. The molecule has 0 heterocycles. The van der Waals surface area contributed by atoms with E-state index in [1.54, 1.807) is 12.1 Å². The summed E-state index contributed by atoms with van der Waals surface area (Å²) < 4.78 is 1.36. The van der Waals surface area contributed by atoms with Crippen molar-refractivity contribution in [2.45, 2.75) is 6.42 Å². The fourth-order valence-corrected chi connectivity index (χ4v) is 3.69. The number of halogens is 2. The second kappa shape index (κ2) is 7.21. The van der Waals surface area contributed by atoms with E-state index in [2.05, 4.69) is 31.9 Å². The highest BCUT2D eigenvalue weighted by atomic mass is 79.9. The predicted octanol–water partition coefficient (Wildman–Crippen LogP) is 4.76. The maximum atomic E-state index is 11.6. The van der Waals surface area contributed by atoms with Gasteiger partial charge in [0.15, 0.2) is 0 Å². The van der Waals surface area contributed by atoms with Crippen molar-refractivity contribution in [2.24, 2.45) is 0 Å². The first-order valence-electron chi connectivity index (χ1n) is 7.61. The molecule has 0 unspecified atom stereocenters. The molecule has 0 aliphatic heterocycles. The quantitative estimate of drug-likeness (QED) is 0.414. The maximum absolute atomic E-state index is 11.6. The van der Waals surface area contributed by atoms with Crippen LogP contribution in [0.15, 0.2) is 45.3 Å². The van der Waals surface area contributed by atoms with Crippen LogP contribution in [0.3, 0.4) is 0 Å². The van der Waals surface area contributed by atoms with Crippen LogP contribution in [0.1, 0.15) is 31.8 Å². The van der Waals surface area contributed by atoms with Gasteiger partial charge in [0.25, 0.3) is 0 Å². The molecule has 0 atom stereocenters. The van der Waals surface area contributed by atoms with Crippen LogP contribution in [0, 0.1) is 0 Å². The molecule has 27 heavy (non-hydrogen) atoms. The molecule has 0 saturated heterocycles. The molecule has 0 radical (unpaired) electrons. The smallest absolute Gasteiger partial charge is 0.339 e. The number of aromatic hydroxyl groups is 2. The summed E-state index contributed by atoms with van der Waals surface area (Å²) in [5.74, 6) is -3.31. The number of phenols is 2. The number of hydrogen-bond donors (Lipinski definition) is 4. The molecule has 8 heteroatoms. The Kier molecular flexibility index (Phi) is 5.12. The van der Waals surface area contributed by atoms with Crippen molar-refractivity contribution >= 4 is 54.6 Å². The van der Waals surface area contributed by atoms with Gasteiger partial charge in [-0.3, -0.25) is 0 Å². The Bertz CT molecular complexity index is 1110. The van der Waals surface area contributed by atoms with Gasteiger partial charge < -0.3 is 20.4 Å². The van der Waals surface area contributed by atoms with Crippen LogP contribution >= 0.6 is 31.9 Å². The molecule has 3 rings (SSSR count). The summed E-state index contributed by atoms with van der Waals surface area (Å²) >= 11 is 6.79. The van der Waals surface area contributed by atoms with Crippen molar-refractivity contribution in [1.29, 1.82) is 0 Å². The Morgan fingerprint density at radius 1 is 0.852 bits per heavy atom. The number of rotatable bonds is 4. The number of benzene rings is 3. The molecular formula is C19H12Br2O6. The lowest BCUT2D eigenvalue weighted by Gasteiger charge is -2.14. The SMILES string of the molecule is O=C(O)c1cc(Cc2c(O)c(C(=O)O)cc3c(Br)c(Br)ccc23)ccc1O. The van der Waals surface area contributed by atoms with E-state index in [-0.39, 0.29) is 29.0 Å². The summed E-state index contributed by atoms with van der Waals surface area (Å²) in [4.78, 5) is 22.8. The van der Waals surface area contributed by atoms with Gasteiger partial charge in [-0.05, 0) is 72.5 Å². The zero-order chi connectivity index (χ0) is 19.9. The van der Waals surface area contributed by atoms with Gasteiger partial charge in [-0.1, -0.05) is 12.1 Å². The summed E-state index contributed by atoms with van der Waals surface area (Å²) in [6, 6.07) is 8.95.